The highest BCUT2D eigenvalue weighted by molar-refractivity contribution is 5.80. The van der Waals surface area contributed by atoms with E-state index in [1.54, 1.807) is 0 Å². The van der Waals surface area contributed by atoms with E-state index in [0.29, 0.717) is 32.4 Å². The van der Waals surface area contributed by atoms with Gasteiger partial charge < -0.3 is 15.2 Å². The van der Waals surface area contributed by atoms with E-state index < -0.39 is 5.97 Å². The minimum absolute atomic E-state index is 0.0233. The summed E-state index contributed by atoms with van der Waals surface area (Å²) >= 11 is 0. The summed E-state index contributed by atoms with van der Waals surface area (Å²) in [4.78, 5) is 22.9. The third kappa shape index (κ3) is 5.36. The molecule has 0 aromatic heterocycles. The lowest BCUT2D eigenvalue weighted by atomic mass is 10.0. The van der Waals surface area contributed by atoms with Crippen molar-refractivity contribution in [2.75, 3.05) is 13.2 Å². The molecule has 0 saturated heterocycles. The third-order valence-corrected chi connectivity index (χ3v) is 4.41. The van der Waals surface area contributed by atoms with Crippen LogP contribution in [-0.2, 0) is 14.3 Å². The summed E-state index contributed by atoms with van der Waals surface area (Å²) in [7, 11) is 0. The molecule has 1 saturated carbocycles. The van der Waals surface area contributed by atoms with Gasteiger partial charge in [0.1, 0.15) is 0 Å². The Kier molecular flexibility index (Phi) is 6.59. The minimum Gasteiger partial charge on any atom is -0.481 e. The van der Waals surface area contributed by atoms with Crippen LogP contribution in [-0.4, -0.2) is 30.1 Å². The van der Waals surface area contributed by atoms with Crippen LogP contribution in [0.15, 0.2) is 30.3 Å². The van der Waals surface area contributed by atoms with Crippen molar-refractivity contribution in [3.63, 3.8) is 0 Å². The molecule has 1 aliphatic rings. The van der Waals surface area contributed by atoms with Crippen LogP contribution in [0.1, 0.15) is 44.3 Å². The highest BCUT2D eigenvalue weighted by Gasteiger charge is 2.33. The predicted molar refractivity (Wildman–Crippen MR) is 86.9 cm³/mol. The summed E-state index contributed by atoms with van der Waals surface area (Å²) in [5, 5.41) is 11.8. The van der Waals surface area contributed by atoms with Gasteiger partial charge in [-0.2, -0.15) is 0 Å². The van der Waals surface area contributed by atoms with Gasteiger partial charge in [0.05, 0.1) is 12.0 Å². The summed E-state index contributed by atoms with van der Waals surface area (Å²) in [5.41, 5.74) is 1.14. The average Bonchev–Trinajstić information content (AvgIpc) is 3.05. The van der Waals surface area contributed by atoms with Crippen LogP contribution in [0.4, 0.5) is 0 Å². The van der Waals surface area contributed by atoms with E-state index in [-0.39, 0.29) is 23.8 Å². The zero-order valence-corrected chi connectivity index (χ0v) is 13.5. The van der Waals surface area contributed by atoms with E-state index in [0.717, 1.165) is 12.0 Å². The lowest BCUT2D eigenvalue weighted by molar-refractivity contribution is -0.141. The van der Waals surface area contributed by atoms with E-state index in [1.807, 2.05) is 37.3 Å². The molecule has 1 aromatic carbocycles. The highest BCUT2D eigenvalue weighted by atomic mass is 16.5. The van der Waals surface area contributed by atoms with Crippen molar-refractivity contribution in [2.24, 2.45) is 11.8 Å². The molecule has 0 spiro atoms. The Morgan fingerprint density at radius 1 is 1.26 bits per heavy atom. The molecule has 2 rings (SSSR count). The molecule has 1 unspecified atom stereocenters. The smallest absolute Gasteiger partial charge is 0.306 e. The maximum absolute atomic E-state index is 12.0. The molecule has 3 atom stereocenters. The lowest BCUT2D eigenvalue weighted by Gasteiger charge is -2.14. The Morgan fingerprint density at radius 3 is 2.61 bits per heavy atom. The Balaban J connectivity index is 1.59. The summed E-state index contributed by atoms with van der Waals surface area (Å²) in [6, 6.07) is 10.0. The number of amides is 1. The van der Waals surface area contributed by atoms with E-state index >= 15 is 0 Å². The van der Waals surface area contributed by atoms with Gasteiger partial charge in [0.15, 0.2) is 0 Å². The van der Waals surface area contributed by atoms with Crippen LogP contribution >= 0.6 is 0 Å². The minimum atomic E-state index is -0.788. The van der Waals surface area contributed by atoms with Crippen molar-refractivity contribution in [2.45, 2.75) is 38.7 Å². The Hall–Kier alpha value is -1.88. The number of hydrogen-bond acceptors (Lipinski definition) is 3. The van der Waals surface area contributed by atoms with Gasteiger partial charge in [-0.15, -0.1) is 0 Å². The van der Waals surface area contributed by atoms with Crippen LogP contribution in [0.2, 0.25) is 0 Å². The Labute approximate surface area is 137 Å². The van der Waals surface area contributed by atoms with E-state index in [9.17, 15) is 9.59 Å². The highest BCUT2D eigenvalue weighted by Crippen LogP contribution is 2.31. The first-order chi connectivity index (χ1) is 11.1. The van der Waals surface area contributed by atoms with Crippen LogP contribution in [0.5, 0.6) is 0 Å². The molecule has 5 nitrogen and oxygen atoms in total. The van der Waals surface area contributed by atoms with Crippen molar-refractivity contribution >= 4 is 11.9 Å². The van der Waals surface area contributed by atoms with Crippen molar-refractivity contribution in [3.05, 3.63) is 35.9 Å². The third-order valence-electron chi connectivity index (χ3n) is 4.41. The first-order valence-electron chi connectivity index (χ1n) is 8.25. The van der Waals surface area contributed by atoms with Gasteiger partial charge in [-0.1, -0.05) is 30.3 Å². The molecule has 1 aliphatic carbocycles. The fourth-order valence-corrected chi connectivity index (χ4v) is 2.95. The maximum atomic E-state index is 12.0. The first-order valence-corrected chi connectivity index (χ1v) is 8.25. The number of benzene rings is 1. The molecule has 0 aliphatic heterocycles. The number of rotatable bonds is 8. The molecule has 0 bridgehead atoms. The van der Waals surface area contributed by atoms with Crippen LogP contribution in [0.3, 0.4) is 0 Å². The number of aliphatic carboxylic acids is 1. The summed E-state index contributed by atoms with van der Waals surface area (Å²) < 4.78 is 5.75. The number of nitrogens with one attached hydrogen (secondary N) is 1. The number of carbonyl (C=O) groups is 2. The number of carboxylic acid groups (broad SMARTS) is 1. The fraction of sp³-hybridized carbons (Fsp3) is 0.556. The molecule has 126 valence electrons. The maximum Gasteiger partial charge on any atom is 0.306 e. The zero-order valence-electron chi connectivity index (χ0n) is 13.5. The summed E-state index contributed by atoms with van der Waals surface area (Å²) in [5.74, 6) is -1.32. The Bertz CT molecular complexity index is 517. The number of ether oxygens (including phenoxy) is 1. The number of carbonyl (C=O) groups excluding carboxylic acids is 1. The molecule has 2 N–H and O–H groups in total. The van der Waals surface area contributed by atoms with Crippen LogP contribution < -0.4 is 5.32 Å². The summed E-state index contributed by atoms with van der Waals surface area (Å²) in [6.07, 6.45) is 2.52. The number of hydrogen-bond donors (Lipinski definition) is 2. The SMILES string of the molecule is CC(OCCCNC(=O)[C@@H]1CC[C@H](C(=O)O)C1)c1ccccc1. The van der Waals surface area contributed by atoms with Gasteiger partial charge in [0.2, 0.25) is 5.91 Å². The van der Waals surface area contributed by atoms with Crippen LogP contribution in [0, 0.1) is 11.8 Å². The molecule has 0 heterocycles. The molecular formula is C18H25NO4. The van der Waals surface area contributed by atoms with Gasteiger partial charge in [0.25, 0.3) is 0 Å². The van der Waals surface area contributed by atoms with E-state index in [4.69, 9.17) is 9.84 Å². The average molecular weight is 319 g/mol. The van der Waals surface area contributed by atoms with Gasteiger partial charge in [0, 0.05) is 19.1 Å². The molecule has 5 heteroatoms. The molecule has 1 aromatic rings. The lowest BCUT2D eigenvalue weighted by Crippen LogP contribution is -2.31. The largest absolute Gasteiger partial charge is 0.481 e. The zero-order chi connectivity index (χ0) is 16.7. The second-order valence-electron chi connectivity index (χ2n) is 6.11. The van der Waals surface area contributed by atoms with E-state index in [1.165, 1.54) is 0 Å². The monoisotopic (exact) mass is 319 g/mol. The standard InChI is InChI=1S/C18H25NO4/c1-13(14-6-3-2-4-7-14)23-11-5-10-19-17(20)15-8-9-16(12-15)18(21)22/h2-4,6-7,13,15-16H,5,8-12H2,1H3,(H,19,20)(H,21,22)/t13?,15-,16+/m1/s1. The van der Waals surface area contributed by atoms with Gasteiger partial charge >= 0.3 is 5.97 Å². The van der Waals surface area contributed by atoms with Gasteiger partial charge in [-0.25, -0.2) is 0 Å². The van der Waals surface area contributed by atoms with Crippen molar-refractivity contribution in [3.8, 4) is 0 Å². The second-order valence-corrected chi connectivity index (χ2v) is 6.11. The molecular weight excluding hydrogens is 294 g/mol. The van der Waals surface area contributed by atoms with Crippen molar-refractivity contribution < 1.29 is 19.4 Å². The van der Waals surface area contributed by atoms with Gasteiger partial charge in [-0.3, -0.25) is 9.59 Å². The molecule has 1 fully saturated rings. The summed E-state index contributed by atoms with van der Waals surface area (Å²) in [6.45, 7) is 3.16. The van der Waals surface area contributed by atoms with E-state index in [2.05, 4.69) is 5.32 Å². The Morgan fingerprint density at radius 2 is 1.96 bits per heavy atom. The molecule has 1 amide bonds. The van der Waals surface area contributed by atoms with Crippen molar-refractivity contribution in [1.29, 1.82) is 0 Å². The predicted octanol–water partition coefficient (Wildman–Crippen LogP) is 2.77. The number of carboxylic acids is 1. The quantitative estimate of drug-likeness (QED) is 0.723. The fourth-order valence-electron chi connectivity index (χ4n) is 2.95. The normalized spacial score (nSPS) is 21.8. The van der Waals surface area contributed by atoms with Crippen molar-refractivity contribution in [1.82, 2.24) is 5.32 Å². The molecule has 0 radical (unpaired) electrons. The first kappa shape index (κ1) is 17.5. The van der Waals surface area contributed by atoms with Crippen LogP contribution in [0.25, 0.3) is 0 Å². The second kappa shape index (κ2) is 8.67. The van der Waals surface area contributed by atoms with Gasteiger partial charge in [-0.05, 0) is 38.2 Å². The topological polar surface area (TPSA) is 75.6 Å². The molecule has 23 heavy (non-hydrogen) atoms.